The van der Waals surface area contributed by atoms with Crippen molar-refractivity contribution in [2.75, 3.05) is 19.0 Å². The van der Waals surface area contributed by atoms with Crippen LogP contribution in [-0.2, 0) is 16.0 Å². The second kappa shape index (κ2) is 7.16. The van der Waals surface area contributed by atoms with Gasteiger partial charge in [0.2, 0.25) is 0 Å². The number of hydrogen-bond donors (Lipinski definition) is 2. The molecule has 0 saturated carbocycles. The van der Waals surface area contributed by atoms with Gasteiger partial charge >= 0.3 is 5.97 Å². The van der Waals surface area contributed by atoms with Gasteiger partial charge in [-0.15, -0.1) is 0 Å². The fourth-order valence-electron chi connectivity index (χ4n) is 2.61. The molecule has 0 radical (unpaired) electrons. The quantitative estimate of drug-likeness (QED) is 0.656. The lowest BCUT2D eigenvalue weighted by molar-refractivity contribution is -0.144. The third-order valence-electron chi connectivity index (χ3n) is 3.86. The van der Waals surface area contributed by atoms with E-state index in [1.54, 1.807) is 28.8 Å². The van der Waals surface area contributed by atoms with E-state index in [0.717, 1.165) is 11.3 Å². The summed E-state index contributed by atoms with van der Waals surface area (Å²) in [6, 6.07) is 8.62. The van der Waals surface area contributed by atoms with E-state index in [1.807, 2.05) is 13.0 Å². The van der Waals surface area contributed by atoms with Gasteiger partial charge in [0.1, 0.15) is 17.9 Å². The number of methoxy groups -OCH3 is 1. The second-order valence-corrected chi connectivity index (χ2v) is 5.73. The van der Waals surface area contributed by atoms with E-state index < -0.39 is 0 Å². The molecule has 0 amide bonds. The minimum Gasteiger partial charge on any atom is -0.508 e. The van der Waals surface area contributed by atoms with E-state index in [0.29, 0.717) is 24.6 Å². The fraction of sp³-hybridized carbons (Fsp3) is 0.294. The van der Waals surface area contributed by atoms with Crippen LogP contribution in [0.2, 0.25) is 0 Å². The first kappa shape index (κ1) is 16.7. The number of benzene rings is 1. The van der Waals surface area contributed by atoms with E-state index >= 15 is 0 Å². The minimum absolute atomic E-state index is 0.192. The highest BCUT2D eigenvalue weighted by molar-refractivity contribution is 5.73. The highest BCUT2D eigenvalue weighted by Crippen LogP contribution is 2.16. The molecule has 3 rings (SSSR count). The predicted octanol–water partition coefficient (Wildman–Crippen LogP) is 1.58. The van der Waals surface area contributed by atoms with Crippen LogP contribution in [0.4, 0.5) is 5.82 Å². The Morgan fingerprint density at radius 2 is 2.12 bits per heavy atom. The van der Waals surface area contributed by atoms with Crippen LogP contribution < -0.4 is 5.32 Å². The maximum absolute atomic E-state index is 12.1. The average Bonchev–Trinajstić information content (AvgIpc) is 3.07. The molecule has 0 aliphatic rings. The number of carbonyl (C=O) groups excluding carboxylic acids is 1. The summed E-state index contributed by atoms with van der Waals surface area (Å²) in [7, 11) is 1.37. The van der Waals surface area contributed by atoms with Gasteiger partial charge < -0.3 is 15.2 Å². The summed E-state index contributed by atoms with van der Waals surface area (Å²) in [6.45, 7) is 2.24. The number of ether oxygens (including phenoxy) is 1. The van der Waals surface area contributed by atoms with Gasteiger partial charge in [-0.05, 0) is 31.0 Å². The lowest BCUT2D eigenvalue weighted by atomic mass is 9.99. The van der Waals surface area contributed by atoms with Crippen molar-refractivity contribution >= 4 is 17.6 Å². The summed E-state index contributed by atoms with van der Waals surface area (Å²) in [5, 5.41) is 16.7. The Bertz CT molecular complexity index is 876. The molecule has 25 heavy (non-hydrogen) atoms. The van der Waals surface area contributed by atoms with Crippen molar-refractivity contribution in [1.82, 2.24) is 19.6 Å². The number of fused-ring (bicyclic) bond motifs is 1. The Morgan fingerprint density at radius 3 is 2.84 bits per heavy atom. The molecule has 0 aliphatic carbocycles. The van der Waals surface area contributed by atoms with Crippen molar-refractivity contribution in [3.63, 3.8) is 0 Å². The first-order valence-electron chi connectivity index (χ1n) is 7.84. The third-order valence-corrected chi connectivity index (χ3v) is 3.86. The van der Waals surface area contributed by atoms with Crippen LogP contribution in [0.15, 0.2) is 36.7 Å². The van der Waals surface area contributed by atoms with Crippen LogP contribution in [0.25, 0.3) is 5.78 Å². The Labute approximate surface area is 144 Å². The molecule has 8 nitrogen and oxygen atoms in total. The normalized spacial score (nSPS) is 12.1. The molecule has 2 aromatic heterocycles. The number of phenolic OH excluding ortho intramolecular Hbond substituents is 1. The van der Waals surface area contributed by atoms with Crippen molar-refractivity contribution in [2.45, 2.75) is 13.3 Å². The standard InChI is InChI=1S/C17H19N5O3/c1-11-7-15(22-17(21-11)19-10-20-22)18-9-13(16(24)25-2)8-12-3-5-14(23)6-4-12/h3-7,10,13,18,23H,8-9H2,1-2H3. The van der Waals surface area contributed by atoms with E-state index in [-0.39, 0.29) is 17.6 Å². The van der Waals surface area contributed by atoms with Crippen molar-refractivity contribution in [3.05, 3.63) is 47.9 Å². The van der Waals surface area contributed by atoms with E-state index in [4.69, 9.17) is 4.74 Å². The van der Waals surface area contributed by atoms with Gasteiger partial charge in [0.25, 0.3) is 5.78 Å². The largest absolute Gasteiger partial charge is 0.508 e. The van der Waals surface area contributed by atoms with Crippen LogP contribution in [0.5, 0.6) is 5.75 Å². The molecule has 3 aromatic rings. The number of nitrogens with zero attached hydrogens (tertiary/aromatic N) is 4. The molecule has 0 aliphatic heterocycles. The van der Waals surface area contributed by atoms with Gasteiger partial charge in [0.15, 0.2) is 0 Å². The summed E-state index contributed by atoms with van der Waals surface area (Å²) in [5.41, 5.74) is 1.74. The number of phenols is 1. The highest BCUT2D eigenvalue weighted by atomic mass is 16.5. The fourth-order valence-corrected chi connectivity index (χ4v) is 2.61. The monoisotopic (exact) mass is 341 g/mol. The van der Waals surface area contributed by atoms with Crippen LogP contribution in [-0.4, -0.2) is 44.3 Å². The SMILES string of the molecule is COC(=O)C(CNc1cc(C)nc2ncnn12)Cc1ccc(O)cc1. The Hall–Kier alpha value is -3.16. The van der Waals surface area contributed by atoms with Crippen LogP contribution >= 0.6 is 0 Å². The molecule has 1 unspecified atom stereocenters. The molecule has 1 aromatic carbocycles. The molecule has 2 heterocycles. The number of nitrogens with one attached hydrogen (secondary N) is 1. The topological polar surface area (TPSA) is 102 Å². The number of carbonyl (C=O) groups is 1. The zero-order valence-corrected chi connectivity index (χ0v) is 14.0. The number of anilines is 1. The second-order valence-electron chi connectivity index (χ2n) is 5.73. The van der Waals surface area contributed by atoms with Crippen molar-refractivity contribution in [1.29, 1.82) is 0 Å². The van der Waals surface area contributed by atoms with E-state index in [2.05, 4.69) is 20.4 Å². The average molecular weight is 341 g/mol. The predicted molar refractivity (Wildman–Crippen MR) is 91.3 cm³/mol. The number of aryl methyl sites for hydroxylation is 1. The maximum Gasteiger partial charge on any atom is 0.310 e. The molecule has 0 spiro atoms. The number of rotatable bonds is 6. The molecule has 0 saturated heterocycles. The Kier molecular flexibility index (Phi) is 4.78. The van der Waals surface area contributed by atoms with Gasteiger partial charge in [-0.2, -0.15) is 14.6 Å². The van der Waals surface area contributed by atoms with Gasteiger partial charge in [0, 0.05) is 18.3 Å². The molecular formula is C17H19N5O3. The molecular weight excluding hydrogens is 322 g/mol. The number of esters is 1. The van der Waals surface area contributed by atoms with E-state index in [9.17, 15) is 9.90 Å². The maximum atomic E-state index is 12.1. The van der Waals surface area contributed by atoms with E-state index in [1.165, 1.54) is 13.4 Å². The summed E-state index contributed by atoms with van der Waals surface area (Å²) in [5.74, 6) is 0.704. The summed E-state index contributed by atoms with van der Waals surface area (Å²) in [4.78, 5) is 20.5. The molecule has 0 fully saturated rings. The number of aromatic nitrogens is 4. The molecule has 1 atom stereocenters. The van der Waals surface area contributed by atoms with Crippen molar-refractivity contribution in [2.24, 2.45) is 5.92 Å². The smallest absolute Gasteiger partial charge is 0.310 e. The van der Waals surface area contributed by atoms with Gasteiger partial charge in [-0.25, -0.2) is 4.98 Å². The lowest BCUT2D eigenvalue weighted by Gasteiger charge is -2.17. The third kappa shape index (κ3) is 3.85. The van der Waals surface area contributed by atoms with Crippen molar-refractivity contribution in [3.8, 4) is 5.75 Å². The number of hydrogen-bond acceptors (Lipinski definition) is 7. The molecule has 8 heteroatoms. The van der Waals surface area contributed by atoms with Gasteiger partial charge in [-0.1, -0.05) is 12.1 Å². The summed E-state index contributed by atoms with van der Waals surface area (Å²) < 4.78 is 6.50. The molecule has 130 valence electrons. The summed E-state index contributed by atoms with van der Waals surface area (Å²) >= 11 is 0. The Balaban J connectivity index is 1.77. The van der Waals surface area contributed by atoms with Crippen molar-refractivity contribution < 1.29 is 14.6 Å². The molecule has 2 N–H and O–H groups in total. The van der Waals surface area contributed by atoms with Gasteiger partial charge in [-0.3, -0.25) is 4.79 Å². The van der Waals surface area contributed by atoms with Gasteiger partial charge in [0.05, 0.1) is 13.0 Å². The van der Waals surface area contributed by atoms with Crippen LogP contribution in [0.3, 0.4) is 0 Å². The summed E-state index contributed by atoms with van der Waals surface area (Å²) in [6.07, 6.45) is 1.92. The zero-order chi connectivity index (χ0) is 17.8. The molecule has 0 bridgehead atoms. The Morgan fingerprint density at radius 1 is 1.36 bits per heavy atom. The highest BCUT2D eigenvalue weighted by Gasteiger charge is 2.20. The first-order chi connectivity index (χ1) is 12.1. The number of aromatic hydroxyl groups is 1. The lowest BCUT2D eigenvalue weighted by Crippen LogP contribution is -2.27. The zero-order valence-electron chi connectivity index (χ0n) is 14.0. The first-order valence-corrected chi connectivity index (χ1v) is 7.84. The van der Waals surface area contributed by atoms with Crippen LogP contribution in [0, 0.1) is 12.8 Å². The minimum atomic E-state index is -0.387. The van der Waals surface area contributed by atoms with Crippen LogP contribution in [0.1, 0.15) is 11.3 Å².